The molecular weight excluding hydrogens is 428 g/mol. The molecule has 0 aliphatic carbocycles. The molecule has 9 heteroatoms. The Bertz CT molecular complexity index is 1120. The molecule has 0 spiro atoms. The van der Waals surface area contributed by atoms with Gasteiger partial charge in [0.25, 0.3) is 0 Å². The molecule has 3 aromatic rings. The van der Waals surface area contributed by atoms with Crippen LogP contribution >= 0.6 is 23.4 Å². The van der Waals surface area contributed by atoms with Crippen molar-refractivity contribution in [2.45, 2.75) is 48.4 Å². The van der Waals surface area contributed by atoms with E-state index in [4.69, 9.17) is 16.6 Å². The van der Waals surface area contributed by atoms with E-state index in [0.29, 0.717) is 34.3 Å². The molecule has 0 N–H and O–H groups in total. The molecule has 154 valence electrons. The third-order valence-electron chi connectivity index (χ3n) is 5.13. The fraction of sp³-hybridized carbons (Fsp3) is 0.400. The van der Waals surface area contributed by atoms with E-state index in [2.05, 4.69) is 16.5 Å². The van der Waals surface area contributed by atoms with Gasteiger partial charge in [0.1, 0.15) is 10.9 Å². The van der Waals surface area contributed by atoms with Gasteiger partial charge in [-0.1, -0.05) is 29.8 Å². The van der Waals surface area contributed by atoms with E-state index >= 15 is 0 Å². The maximum atomic E-state index is 13.0. The summed E-state index contributed by atoms with van der Waals surface area (Å²) < 4.78 is 29.7. The van der Waals surface area contributed by atoms with Crippen LogP contribution in [0.25, 0.3) is 11.0 Å². The van der Waals surface area contributed by atoms with Crippen LogP contribution in [0.1, 0.15) is 32.0 Å². The van der Waals surface area contributed by atoms with E-state index in [1.807, 2.05) is 12.1 Å². The van der Waals surface area contributed by atoms with Crippen LogP contribution in [0.15, 0.2) is 46.5 Å². The number of fused-ring (bicyclic) bond motifs is 1. The molecule has 0 amide bonds. The molecular formula is C20H23ClN4O2S2. The highest BCUT2D eigenvalue weighted by molar-refractivity contribution is 7.98. The molecule has 29 heavy (non-hydrogen) atoms. The van der Waals surface area contributed by atoms with Gasteiger partial charge in [0, 0.05) is 25.8 Å². The van der Waals surface area contributed by atoms with Crippen molar-refractivity contribution in [2.24, 2.45) is 0 Å². The summed E-state index contributed by atoms with van der Waals surface area (Å²) in [6.45, 7) is 4.00. The van der Waals surface area contributed by atoms with Crippen molar-refractivity contribution >= 4 is 44.4 Å². The second kappa shape index (κ2) is 8.63. The fourth-order valence-electron chi connectivity index (χ4n) is 3.65. The van der Waals surface area contributed by atoms with E-state index in [1.54, 1.807) is 28.7 Å². The third kappa shape index (κ3) is 4.17. The van der Waals surface area contributed by atoms with Gasteiger partial charge >= 0.3 is 0 Å². The molecule has 0 radical (unpaired) electrons. The van der Waals surface area contributed by atoms with Crippen LogP contribution in [0.4, 0.5) is 0 Å². The number of piperidine rings is 1. The minimum absolute atomic E-state index is 0.319. The maximum Gasteiger partial charge on any atom is 0.243 e. The first-order chi connectivity index (χ1) is 14.0. The van der Waals surface area contributed by atoms with E-state index in [9.17, 15) is 8.42 Å². The van der Waals surface area contributed by atoms with E-state index in [0.717, 1.165) is 42.2 Å². The van der Waals surface area contributed by atoms with E-state index in [-0.39, 0.29) is 0 Å². The summed E-state index contributed by atoms with van der Waals surface area (Å²) in [5.74, 6) is 1.48. The number of hydrogen-bond donors (Lipinski definition) is 0. The number of aromatic nitrogens is 3. The van der Waals surface area contributed by atoms with Crippen LogP contribution in [0.2, 0.25) is 5.02 Å². The standard InChI is InChI=1S/C20H23ClN4O2S2/c1-2-25-18-9-8-15(29(26,27)24-11-4-3-5-12-24)13-17(18)23-19(25)14-28-20-16(21)7-6-10-22-20/h6-10,13H,2-5,11-12,14H2,1H3. The lowest BCUT2D eigenvalue weighted by atomic mass is 10.2. The third-order valence-corrected chi connectivity index (χ3v) is 8.44. The molecule has 6 nitrogen and oxygen atoms in total. The number of nitrogens with zero attached hydrogens (tertiary/aromatic N) is 4. The number of rotatable bonds is 6. The Kier molecular flexibility index (Phi) is 6.15. The zero-order valence-electron chi connectivity index (χ0n) is 16.2. The highest BCUT2D eigenvalue weighted by atomic mass is 35.5. The second-order valence-corrected chi connectivity index (χ2v) is 10.3. The molecule has 1 aromatic carbocycles. The average molecular weight is 451 g/mol. The predicted molar refractivity (Wildman–Crippen MR) is 117 cm³/mol. The Balaban J connectivity index is 1.64. The van der Waals surface area contributed by atoms with Gasteiger partial charge in [-0.3, -0.25) is 0 Å². The SMILES string of the molecule is CCn1c(CSc2ncccc2Cl)nc2cc(S(=O)(=O)N3CCCCC3)ccc21. The molecule has 0 saturated carbocycles. The molecule has 1 aliphatic heterocycles. The molecule has 3 heterocycles. The maximum absolute atomic E-state index is 13.0. The van der Waals surface area contributed by atoms with E-state index < -0.39 is 10.0 Å². The predicted octanol–water partition coefficient (Wildman–Crippen LogP) is 4.57. The lowest BCUT2D eigenvalue weighted by molar-refractivity contribution is 0.346. The number of sulfonamides is 1. The van der Waals surface area contributed by atoms with Gasteiger partial charge in [-0.2, -0.15) is 4.31 Å². The van der Waals surface area contributed by atoms with Gasteiger partial charge in [0.05, 0.1) is 26.7 Å². The quantitative estimate of drug-likeness (QED) is 0.514. The second-order valence-electron chi connectivity index (χ2n) is 6.97. The number of imidazole rings is 1. The topological polar surface area (TPSA) is 68.1 Å². The Morgan fingerprint density at radius 2 is 1.97 bits per heavy atom. The minimum atomic E-state index is -3.47. The highest BCUT2D eigenvalue weighted by Gasteiger charge is 2.26. The molecule has 1 fully saturated rings. The van der Waals surface area contributed by atoms with Crippen LogP contribution in [0, 0.1) is 0 Å². The van der Waals surface area contributed by atoms with Crippen molar-refractivity contribution in [3.8, 4) is 0 Å². The van der Waals surface area contributed by atoms with Crippen LogP contribution < -0.4 is 0 Å². The number of halogens is 1. The zero-order chi connectivity index (χ0) is 20.4. The lowest BCUT2D eigenvalue weighted by Crippen LogP contribution is -2.35. The summed E-state index contributed by atoms with van der Waals surface area (Å²) in [6.07, 6.45) is 4.65. The molecule has 1 saturated heterocycles. The normalized spacial score (nSPS) is 15.8. The first-order valence-corrected chi connectivity index (χ1v) is 12.5. The Morgan fingerprint density at radius 1 is 1.17 bits per heavy atom. The van der Waals surface area contributed by atoms with Gasteiger partial charge in [0.15, 0.2) is 0 Å². The zero-order valence-corrected chi connectivity index (χ0v) is 18.6. The van der Waals surface area contributed by atoms with Gasteiger partial charge in [-0.05, 0) is 50.1 Å². The van der Waals surface area contributed by atoms with Crippen molar-refractivity contribution in [1.82, 2.24) is 18.8 Å². The fourth-order valence-corrected chi connectivity index (χ4v) is 6.30. The summed E-state index contributed by atoms with van der Waals surface area (Å²) in [6, 6.07) is 8.89. The molecule has 0 bridgehead atoms. The van der Waals surface area contributed by atoms with Crippen LogP contribution in [0.3, 0.4) is 0 Å². The van der Waals surface area contributed by atoms with Crippen molar-refractivity contribution < 1.29 is 8.42 Å². The molecule has 4 rings (SSSR count). The monoisotopic (exact) mass is 450 g/mol. The molecule has 0 atom stereocenters. The summed E-state index contributed by atoms with van der Waals surface area (Å²) in [5.41, 5.74) is 1.64. The molecule has 1 aliphatic rings. The first-order valence-electron chi connectivity index (χ1n) is 9.73. The van der Waals surface area contributed by atoms with Crippen molar-refractivity contribution in [1.29, 1.82) is 0 Å². The Labute approximate surface area is 180 Å². The lowest BCUT2D eigenvalue weighted by Gasteiger charge is -2.25. The number of hydrogen-bond acceptors (Lipinski definition) is 5. The van der Waals surface area contributed by atoms with Crippen LogP contribution in [-0.4, -0.2) is 40.3 Å². The van der Waals surface area contributed by atoms with Crippen molar-refractivity contribution in [3.63, 3.8) is 0 Å². The number of thioether (sulfide) groups is 1. The smallest absolute Gasteiger partial charge is 0.243 e. The van der Waals surface area contributed by atoms with Gasteiger partial charge in [-0.15, -0.1) is 0 Å². The van der Waals surface area contributed by atoms with Crippen molar-refractivity contribution in [3.05, 3.63) is 47.4 Å². The number of pyridine rings is 1. The number of benzene rings is 1. The Hall–Kier alpha value is -1.61. The summed E-state index contributed by atoms with van der Waals surface area (Å²) in [7, 11) is -3.47. The van der Waals surface area contributed by atoms with Crippen LogP contribution in [-0.2, 0) is 22.3 Å². The average Bonchev–Trinajstić information content (AvgIpc) is 3.10. The summed E-state index contributed by atoms with van der Waals surface area (Å²) in [5, 5.41) is 1.38. The van der Waals surface area contributed by atoms with E-state index in [1.165, 1.54) is 11.8 Å². The summed E-state index contributed by atoms with van der Waals surface area (Å²) in [4.78, 5) is 9.37. The van der Waals surface area contributed by atoms with Crippen LogP contribution in [0.5, 0.6) is 0 Å². The highest BCUT2D eigenvalue weighted by Crippen LogP contribution is 2.30. The first kappa shape index (κ1) is 20.7. The minimum Gasteiger partial charge on any atom is -0.328 e. The van der Waals surface area contributed by atoms with Gasteiger partial charge < -0.3 is 4.57 Å². The molecule has 0 unspecified atom stereocenters. The largest absolute Gasteiger partial charge is 0.328 e. The number of aryl methyl sites for hydroxylation is 1. The summed E-state index contributed by atoms with van der Waals surface area (Å²) >= 11 is 7.73. The van der Waals surface area contributed by atoms with Crippen molar-refractivity contribution in [2.75, 3.05) is 13.1 Å². The van der Waals surface area contributed by atoms with Gasteiger partial charge in [-0.25, -0.2) is 18.4 Å². The Morgan fingerprint density at radius 3 is 2.69 bits per heavy atom. The van der Waals surface area contributed by atoms with Gasteiger partial charge in [0.2, 0.25) is 10.0 Å². The molecule has 2 aromatic heterocycles.